The van der Waals surface area contributed by atoms with Gasteiger partial charge in [-0.15, -0.1) is 0 Å². The highest BCUT2D eigenvalue weighted by Gasteiger charge is 2.21. The predicted molar refractivity (Wildman–Crippen MR) is 67.2 cm³/mol. The molecule has 0 saturated carbocycles. The van der Waals surface area contributed by atoms with Crippen LogP contribution in [0.2, 0.25) is 5.02 Å². The first-order valence-corrected chi connectivity index (χ1v) is 5.97. The van der Waals surface area contributed by atoms with E-state index in [1.54, 1.807) is 12.4 Å². The van der Waals surface area contributed by atoms with Crippen LogP contribution >= 0.6 is 11.6 Å². The molecule has 0 saturated heterocycles. The van der Waals surface area contributed by atoms with Crippen LogP contribution in [-0.4, -0.2) is 21.3 Å². The molecule has 0 radical (unpaired) electrons. The van der Waals surface area contributed by atoms with E-state index in [2.05, 4.69) is 21.1 Å². The van der Waals surface area contributed by atoms with E-state index in [1.807, 2.05) is 16.8 Å². The van der Waals surface area contributed by atoms with Gasteiger partial charge in [-0.1, -0.05) is 11.6 Å². The van der Waals surface area contributed by atoms with Gasteiger partial charge < -0.3 is 4.90 Å². The Morgan fingerprint density at radius 1 is 1.39 bits per heavy atom. The number of halogens is 1. The Hall–Kier alpha value is -2.06. The van der Waals surface area contributed by atoms with Crippen molar-refractivity contribution in [2.75, 3.05) is 11.4 Å². The van der Waals surface area contributed by atoms with Crippen molar-refractivity contribution < 1.29 is 0 Å². The van der Waals surface area contributed by atoms with Gasteiger partial charge in [0.1, 0.15) is 6.07 Å². The van der Waals surface area contributed by atoms with Crippen molar-refractivity contribution in [1.29, 1.82) is 5.26 Å². The topological polar surface area (TPSA) is 57.7 Å². The first kappa shape index (κ1) is 11.1. The largest absolute Gasteiger partial charge is 0.361 e. The first-order chi connectivity index (χ1) is 8.79. The van der Waals surface area contributed by atoms with Gasteiger partial charge in [0.15, 0.2) is 5.69 Å². The fourth-order valence-electron chi connectivity index (χ4n) is 2.16. The molecule has 5 nitrogen and oxygen atoms in total. The molecule has 0 atom stereocenters. The van der Waals surface area contributed by atoms with Crippen molar-refractivity contribution in [3.8, 4) is 6.07 Å². The van der Waals surface area contributed by atoms with E-state index in [0.29, 0.717) is 17.3 Å². The monoisotopic (exact) mass is 259 g/mol. The molecule has 0 aliphatic carbocycles. The fourth-order valence-corrected chi connectivity index (χ4v) is 2.36. The molecule has 18 heavy (non-hydrogen) atoms. The molecule has 2 aromatic rings. The number of anilines is 1. The molecular formula is C12H10ClN5. The van der Waals surface area contributed by atoms with Gasteiger partial charge in [-0.05, 0) is 12.1 Å². The lowest BCUT2D eigenvalue weighted by Gasteiger charge is -2.30. The molecule has 0 fully saturated rings. The van der Waals surface area contributed by atoms with Crippen LogP contribution in [-0.2, 0) is 13.1 Å². The molecule has 0 amide bonds. The van der Waals surface area contributed by atoms with Crippen molar-refractivity contribution in [3.05, 3.63) is 40.9 Å². The minimum Gasteiger partial charge on any atom is -0.361 e. The van der Waals surface area contributed by atoms with Gasteiger partial charge in [-0.2, -0.15) is 10.4 Å². The highest BCUT2D eigenvalue weighted by molar-refractivity contribution is 6.31. The fraction of sp³-hybridized carbons (Fsp3) is 0.250. The summed E-state index contributed by atoms with van der Waals surface area (Å²) in [5.41, 5.74) is 2.28. The van der Waals surface area contributed by atoms with Crippen molar-refractivity contribution in [2.24, 2.45) is 0 Å². The van der Waals surface area contributed by atoms with E-state index in [-0.39, 0.29) is 0 Å². The highest BCUT2D eigenvalue weighted by Crippen LogP contribution is 2.26. The van der Waals surface area contributed by atoms with E-state index < -0.39 is 0 Å². The van der Waals surface area contributed by atoms with Gasteiger partial charge in [0.05, 0.1) is 35.7 Å². The van der Waals surface area contributed by atoms with Gasteiger partial charge in [0.25, 0.3) is 0 Å². The Labute approximate surface area is 109 Å². The van der Waals surface area contributed by atoms with Gasteiger partial charge >= 0.3 is 0 Å². The number of rotatable bonds is 1. The van der Waals surface area contributed by atoms with Crippen LogP contribution in [0, 0.1) is 11.3 Å². The standard InChI is InChI=1S/C12H10ClN5/c13-9-7-16-18-5-4-17(8-12(9)18)11-2-1-3-15-10(11)6-14/h1-3,7H,4-5,8H2. The van der Waals surface area contributed by atoms with Gasteiger partial charge in [0, 0.05) is 12.7 Å². The molecule has 1 aliphatic heterocycles. The van der Waals surface area contributed by atoms with Crippen LogP contribution in [0.25, 0.3) is 0 Å². The molecule has 0 N–H and O–H groups in total. The van der Waals surface area contributed by atoms with Crippen LogP contribution in [0.3, 0.4) is 0 Å². The van der Waals surface area contributed by atoms with E-state index >= 15 is 0 Å². The second kappa shape index (κ2) is 4.31. The van der Waals surface area contributed by atoms with Crippen LogP contribution in [0.4, 0.5) is 5.69 Å². The number of fused-ring (bicyclic) bond motifs is 1. The first-order valence-electron chi connectivity index (χ1n) is 5.60. The molecule has 0 aromatic carbocycles. The molecule has 2 aromatic heterocycles. The lowest BCUT2D eigenvalue weighted by molar-refractivity contribution is 0.519. The summed E-state index contributed by atoms with van der Waals surface area (Å²) in [6.07, 6.45) is 3.29. The van der Waals surface area contributed by atoms with E-state index in [0.717, 1.165) is 24.5 Å². The van der Waals surface area contributed by atoms with E-state index in [9.17, 15) is 0 Å². The Bertz CT molecular complexity index is 628. The summed E-state index contributed by atoms with van der Waals surface area (Å²) in [4.78, 5) is 6.19. The summed E-state index contributed by atoms with van der Waals surface area (Å²) < 4.78 is 1.90. The lowest BCUT2D eigenvalue weighted by atomic mass is 10.2. The smallest absolute Gasteiger partial charge is 0.163 e. The maximum atomic E-state index is 9.08. The summed E-state index contributed by atoms with van der Waals surface area (Å²) >= 11 is 6.09. The third-order valence-corrected chi connectivity index (χ3v) is 3.37. The maximum Gasteiger partial charge on any atom is 0.163 e. The van der Waals surface area contributed by atoms with Crippen molar-refractivity contribution in [1.82, 2.24) is 14.8 Å². The molecule has 3 rings (SSSR count). The summed E-state index contributed by atoms with van der Waals surface area (Å²) in [5.74, 6) is 0. The predicted octanol–water partition coefficient (Wildman–Crippen LogP) is 1.82. The molecule has 3 heterocycles. The van der Waals surface area contributed by atoms with Crippen molar-refractivity contribution in [2.45, 2.75) is 13.1 Å². The van der Waals surface area contributed by atoms with Gasteiger partial charge in [-0.25, -0.2) is 4.98 Å². The molecule has 0 bridgehead atoms. The summed E-state index contributed by atoms with van der Waals surface area (Å²) in [6.45, 7) is 2.21. The second-order valence-corrected chi connectivity index (χ2v) is 4.47. The minimum atomic E-state index is 0.446. The Balaban J connectivity index is 1.97. The third kappa shape index (κ3) is 1.71. The van der Waals surface area contributed by atoms with Crippen LogP contribution < -0.4 is 4.90 Å². The normalized spacial score (nSPS) is 14.1. The highest BCUT2D eigenvalue weighted by atomic mass is 35.5. The van der Waals surface area contributed by atoms with E-state index in [4.69, 9.17) is 16.9 Å². The SMILES string of the molecule is N#Cc1ncccc1N1CCn2ncc(Cl)c2C1. The Morgan fingerprint density at radius 2 is 2.28 bits per heavy atom. The third-order valence-electron chi connectivity index (χ3n) is 3.05. The number of nitrogens with zero attached hydrogens (tertiary/aromatic N) is 5. The summed E-state index contributed by atoms with van der Waals surface area (Å²) in [7, 11) is 0. The van der Waals surface area contributed by atoms with Crippen molar-refractivity contribution >= 4 is 17.3 Å². The van der Waals surface area contributed by atoms with Crippen molar-refractivity contribution in [3.63, 3.8) is 0 Å². The zero-order valence-corrected chi connectivity index (χ0v) is 10.3. The number of aromatic nitrogens is 3. The second-order valence-electron chi connectivity index (χ2n) is 4.07. The quantitative estimate of drug-likeness (QED) is 0.784. The van der Waals surface area contributed by atoms with Crippen LogP contribution in [0.15, 0.2) is 24.5 Å². The van der Waals surface area contributed by atoms with Gasteiger partial charge in [0.2, 0.25) is 0 Å². The minimum absolute atomic E-state index is 0.446. The zero-order chi connectivity index (χ0) is 12.5. The molecule has 0 spiro atoms. The summed E-state index contributed by atoms with van der Waals surface area (Å²) in [6, 6.07) is 5.86. The molecule has 90 valence electrons. The average Bonchev–Trinajstić information content (AvgIpc) is 2.80. The number of pyridine rings is 1. The molecule has 6 heteroatoms. The summed E-state index contributed by atoms with van der Waals surface area (Å²) in [5, 5.41) is 13.9. The van der Waals surface area contributed by atoms with Crippen LogP contribution in [0.5, 0.6) is 0 Å². The molecule has 0 unspecified atom stereocenters. The zero-order valence-electron chi connectivity index (χ0n) is 9.54. The average molecular weight is 260 g/mol. The Kier molecular flexibility index (Phi) is 2.65. The number of hydrogen-bond acceptors (Lipinski definition) is 4. The van der Waals surface area contributed by atoms with Gasteiger partial charge in [-0.3, -0.25) is 4.68 Å². The molecular weight excluding hydrogens is 250 g/mol. The number of hydrogen-bond donors (Lipinski definition) is 0. The maximum absolute atomic E-state index is 9.08. The molecule has 1 aliphatic rings. The lowest BCUT2D eigenvalue weighted by Crippen LogP contribution is -2.34. The number of nitriles is 1. The van der Waals surface area contributed by atoms with E-state index in [1.165, 1.54) is 0 Å². The Morgan fingerprint density at radius 3 is 3.11 bits per heavy atom. The van der Waals surface area contributed by atoms with Crippen LogP contribution in [0.1, 0.15) is 11.4 Å².